The summed E-state index contributed by atoms with van der Waals surface area (Å²) in [6.07, 6.45) is 2.78. The number of fused-ring (bicyclic) bond motifs is 3. The van der Waals surface area contributed by atoms with Crippen molar-refractivity contribution in [2.24, 2.45) is 0 Å². The van der Waals surface area contributed by atoms with Crippen LogP contribution in [0.25, 0.3) is 33.3 Å². The van der Waals surface area contributed by atoms with Gasteiger partial charge in [0.05, 0.1) is 5.69 Å². The predicted molar refractivity (Wildman–Crippen MR) is 109 cm³/mol. The summed E-state index contributed by atoms with van der Waals surface area (Å²) in [6, 6.07) is 25.0. The second-order valence-corrected chi connectivity index (χ2v) is 6.83. The Kier molecular flexibility index (Phi) is 3.72. The first-order valence-electron chi connectivity index (χ1n) is 9.05. The van der Waals surface area contributed by atoms with Gasteiger partial charge in [0.1, 0.15) is 5.58 Å². The lowest BCUT2D eigenvalue weighted by Gasteiger charge is -2.05. The summed E-state index contributed by atoms with van der Waals surface area (Å²) in [5.41, 5.74) is 7.10. The fraction of sp³-hybridized carbons (Fsp3) is 0.0833. The molecule has 0 bridgehead atoms. The minimum absolute atomic E-state index is 0.688. The highest BCUT2D eigenvalue weighted by atomic mass is 16.3. The Morgan fingerprint density at radius 2 is 1.70 bits per heavy atom. The van der Waals surface area contributed by atoms with Gasteiger partial charge in [-0.2, -0.15) is 0 Å². The normalized spacial score (nSPS) is 11.3. The van der Waals surface area contributed by atoms with Gasteiger partial charge in [0.15, 0.2) is 0 Å². The van der Waals surface area contributed by atoms with Crippen LogP contribution < -0.4 is 0 Å². The first kappa shape index (κ1) is 15.8. The fourth-order valence-corrected chi connectivity index (χ4v) is 3.48. The van der Waals surface area contributed by atoms with E-state index in [0.717, 1.165) is 39.7 Å². The SMILES string of the molecule is Cc1ccc2c(n1)oc1ccc(-c3cc(Cc4ccccc4)ccn3)cc12. The molecule has 5 aromatic rings. The average Bonchev–Trinajstić information content (AvgIpc) is 3.05. The molecule has 3 heterocycles. The molecule has 3 aromatic heterocycles. The largest absolute Gasteiger partial charge is 0.438 e. The van der Waals surface area contributed by atoms with Gasteiger partial charge in [-0.15, -0.1) is 0 Å². The Balaban J connectivity index is 1.57. The number of pyridine rings is 2. The van der Waals surface area contributed by atoms with Crippen molar-refractivity contribution in [3.05, 3.63) is 95.8 Å². The Morgan fingerprint density at radius 1 is 0.815 bits per heavy atom. The van der Waals surface area contributed by atoms with Gasteiger partial charge >= 0.3 is 0 Å². The van der Waals surface area contributed by atoms with Crippen LogP contribution in [-0.4, -0.2) is 9.97 Å². The van der Waals surface area contributed by atoms with Crippen LogP contribution in [0.5, 0.6) is 0 Å². The van der Waals surface area contributed by atoms with Crippen molar-refractivity contribution in [3.8, 4) is 11.3 Å². The molecule has 0 aliphatic heterocycles. The smallest absolute Gasteiger partial charge is 0.227 e. The molecule has 0 fully saturated rings. The van der Waals surface area contributed by atoms with Crippen molar-refractivity contribution < 1.29 is 4.42 Å². The number of aromatic nitrogens is 2. The monoisotopic (exact) mass is 350 g/mol. The van der Waals surface area contributed by atoms with E-state index in [1.165, 1.54) is 11.1 Å². The quantitative estimate of drug-likeness (QED) is 0.404. The molecule has 0 spiro atoms. The van der Waals surface area contributed by atoms with Gasteiger partial charge < -0.3 is 4.42 Å². The first-order valence-corrected chi connectivity index (χ1v) is 9.05. The number of aryl methyl sites for hydroxylation is 1. The standard InChI is InChI=1S/C24H18N2O/c1-16-7-9-20-21-15-19(8-10-23(21)27-24(20)26-16)22-14-18(11-12-25-22)13-17-5-3-2-4-6-17/h2-12,14-15H,13H2,1H3. The first-order chi connectivity index (χ1) is 13.3. The van der Waals surface area contributed by atoms with E-state index >= 15 is 0 Å². The van der Waals surface area contributed by atoms with Gasteiger partial charge in [-0.25, -0.2) is 4.98 Å². The zero-order chi connectivity index (χ0) is 18.2. The summed E-state index contributed by atoms with van der Waals surface area (Å²) < 4.78 is 5.90. The van der Waals surface area contributed by atoms with Gasteiger partial charge in [0.2, 0.25) is 5.71 Å². The van der Waals surface area contributed by atoms with Crippen LogP contribution in [0.1, 0.15) is 16.8 Å². The zero-order valence-corrected chi connectivity index (χ0v) is 15.0. The molecule has 0 saturated heterocycles. The van der Waals surface area contributed by atoms with E-state index in [1.54, 1.807) is 0 Å². The molecule has 0 saturated carbocycles. The number of rotatable bonds is 3. The van der Waals surface area contributed by atoms with Crippen molar-refractivity contribution in [2.75, 3.05) is 0 Å². The van der Waals surface area contributed by atoms with Gasteiger partial charge in [0, 0.05) is 28.2 Å². The molecule has 3 nitrogen and oxygen atoms in total. The van der Waals surface area contributed by atoms with E-state index in [-0.39, 0.29) is 0 Å². The molecule has 5 rings (SSSR count). The van der Waals surface area contributed by atoms with Gasteiger partial charge in [-0.05, 0) is 66.9 Å². The molecule has 0 aliphatic carbocycles. The maximum Gasteiger partial charge on any atom is 0.227 e. The highest BCUT2D eigenvalue weighted by molar-refractivity contribution is 6.04. The molecule has 0 radical (unpaired) electrons. The number of nitrogens with zero attached hydrogens (tertiary/aromatic N) is 2. The van der Waals surface area contributed by atoms with Crippen molar-refractivity contribution in [1.29, 1.82) is 0 Å². The Morgan fingerprint density at radius 3 is 2.59 bits per heavy atom. The summed E-state index contributed by atoms with van der Waals surface area (Å²) in [7, 11) is 0. The van der Waals surface area contributed by atoms with Crippen LogP contribution in [0, 0.1) is 6.92 Å². The molecule has 27 heavy (non-hydrogen) atoms. The molecule has 0 atom stereocenters. The summed E-state index contributed by atoms with van der Waals surface area (Å²) in [4.78, 5) is 9.08. The summed E-state index contributed by atoms with van der Waals surface area (Å²) >= 11 is 0. The Labute approximate surface area is 157 Å². The highest BCUT2D eigenvalue weighted by Gasteiger charge is 2.10. The van der Waals surface area contributed by atoms with E-state index in [2.05, 4.69) is 64.6 Å². The van der Waals surface area contributed by atoms with Gasteiger partial charge in [-0.1, -0.05) is 30.3 Å². The molecular formula is C24H18N2O. The van der Waals surface area contributed by atoms with Crippen molar-refractivity contribution in [1.82, 2.24) is 9.97 Å². The Hall–Kier alpha value is -3.46. The Bertz CT molecular complexity index is 1260. The summed E-state index contributed by atoms with van der Waals surface area (Å²) in [5, 5.41) is 2.11. The molecule has 0 unspecified atom stereocenters. The molecular weight excluding hydrogens is 332 g/mol. The second-order valence-electron chi connectivity index (χ2n) is 6.83. The molecule has 130 valence electrons. The number of furan rings is 1. The number of hydrogen-bond donors (Lipinski definition) is 0. The molecule has 0 aliphatic rings. The van der Waals surface area contributed by atoms with E-state index in [0.29, 0.717) is 5.71 Å². The maximum absolute atomic E-state index is 5.90. The van der Waals surface area contributed by atoms with Crippen molar-refractivity contribution >= 4 is 22.1 Å². The third kappa shape index (κ3) is 2.97. The van der Waals surface area contributed by atoms with E-state index in [1.807, 2.05) is 31.3 Å². The van der Waals surface area contributed by atoms with Crippen LogP contribution in [0.2, 0.25) is 0 Å². The van der Waals surface area contributed by atoms with E-state index in [4.69, 9.17) is 4.42 Å². The highest BCUT2D eigenvalue weighted by Crippen LogP contribution is 2.31. The lowest BCUT2D eigenvalue weighted by molar-refractivity contribution is 0.652. The average molecular weight is 350 g/mol. The maximum atomic E-state index is 5.90. The minimum Gasteiger partial charge on any atom is -0.438 e. The summed E-state index contributed by atoms with van der Waals surface area (Å²) in [5.74, 6) is 0. The minimum atomic E-state index is 0.688. The van der Waals surface area contributed by atoms with Crippen LogP contribution in [-0.2, 0) is 6.42 Å². The lowest BCUT2D eigenvalue weighted by Crippen LogP contribution is -1.91. The third-order valence-corrected chi connectivity index (χ3v) is 4.85. The summed E-state index contributed by atoms with van der Waals surface area (Å²) in [6.45, 7) is 1.97. The van der Waals surface area contributed by atoms with Crippen LogP contribution in [0.3, 0.4) is 0 Å². The van der Waals surface area contributed by atoms with E-state index in [9.17, 15) is 0 Å². The predicted octanol–water partition coefficient (Wildman–Crippen LogP) is 5.94. The van der Waals surface area contributed by atoms with Crippen LogP contribution in [0.4, 0.5) is 0 Å². The molecule has 0 N–H and O–H groups in total. The molecule has 2 aromatic carbocycles. The van der Waals surface area contributed by atoms with Crippen molar-refractivity contribution in [2.45, 2.75) is 13.3 Å². The lowest BCUT2D eigenvalue weighted by atomic mass is 10.0. The van der Waals surface area contributed by atoms with Gasteiger partial charge in [-0.3, -0.25) is 4.98 Å². The van der Waals surface area contributed by atoms with E-state index < -0.39 is 0 Å². The molecule has 0 amide bonds. The topological polar surface area (TPSA) is 38.9 Å². The number of hydrogen-bond acceptors (Lipinski definition) is 3. The third-order valence-electron chi connectivity index (χ3n) is 4.85. The van der Waals surface area contributed by atoms with Crippen LogP contribution >= 0.6 is 0 Å². The molecule has 3 heteroatoms. The zero-order valence-electron chi connectivity index (χ0n) is 15.0. The fourth-order valence-electron chi connectivity index (χ4n) is 3.48. The van der Waals surface area contributed by atoms with Gasteiger partial charge in [0.25, 0.3) is 0 Å². The van der Waals surface area contributed by atoms with Crippen molar-refractivity contribution in [3.63, 3.8) is 0 Å². The number of benzene rings is 2. The van der Waals surface area contributed by atoms with Crippen LogP contribution in [0.15, 0.2) is 83.4 Å². The second kappa shape index (κ2) is 6.36.